The first-order valence-electron chi connectivity index (χ1n) is 7.16. The van der Waals surface area contributed by atoms with Crippen LogP contribution in [0.5, 0.6) is 0 Å². The second-order valence-corrected chi connectivity index (χ2v) is 7.84. The number of thiazole rings is 1. The number of methoxy groups -OCH3 is 1. The number of ether oxygens (including phenoxy) is 1. The van der Waals surface area contributed by atoms with Gasteiger partial charge in [-0.25, -0.2) is 4.39 Å². The summed E-state index contributed by atoms with van der Waals surface area (Å²) in [5.74, 6) is -0.569. The van der Waals surface area contributed by atoms with Gasteiger partial charge in [0.05, 0.1) is 27.6 Å². The topological polar surface area (TPSA) is 43.6 Å². The molecule has 4 nitrogen and oxygen atoms in total. The standard InChI is InChI=1S/C16H14ClFN2O2S2/c1-22-7-6-20-12-4-2-10(18)8-13(12)24-16(20)19-15(21)9-11-3-5-14(17)23-11/h2-5,8H,6-7,9H2,1H3. The fraction of sp³-hybridized carbons (Fsp3) is 0.250. The highest BCUT2D eigenvalue weighted by Crippen LogP contribution is 2.22. The number of hydrogen-bond donors (Lipinski definition) is 0. The number of benzene rings is 1. The number of rotatable bonds is 5. The molecule has 0 bridgehead atoms. The van der Waals surface area contributed by atoms with E-state index in [1.54, 1.807) is 19.2 Å². The molecule has 0 N–H and O–H groups in total. The minimum absolute atomic E-state index is 0.199. The van der Waals surface area contributed by atoms with Crippen LogP contribution in [-0.2, 0) is 22.5 Å². The first-order valence-corrected chi connectivity index (χ1v) is 9.17. The van der Waals surface area contributed by atoms with Gasteiger partial charge in [0.2, 0.25) is 0 Å². The van der Waals surface area contributed by atoms with Gasteiger partial charge in [-0.05, 0) is 30.3 Å². The van der Waals surface area contributed by atoms with Gasteiger partial charge in [0.1, 0.15) is 5.82 Å². The number of carbonyl (C=O) groups excluding carboxylic acids is 1. The van der Waals surface area contributed by atoms with E-state index in [4.69, 9.17) is 16.3 Å². The number of thiophene rings is 1. The van der Waals surface area contributed by atoms with Crippen LogP contribution in [0.3, 0.4) is 0 Å². The van der Waals surface area contributed by atoms with Gasteiger partial charge in [-0.2, -0.15) is 4.99 Å². The van der Waals surface area contributed by atoms with Gasteiger partial charge in [0.15, 0.2) is 4.80 Å². The molecule has 0 atom stereocenters. The minimum atomic E-state index is -0.311. The Balaban J connectivity index is 1.98. The highest BCUT2D eigenvalue weighted by atomic mass is 35.5. The molecule has 0 spiro atoms. The molecule has 0 radical (unpaired) electrons. The molecule has 3 aromatic rings. The zero-order valence-corrected chi connectivity index (χ0v) is 15.2. The molecule has 0 saturated heterocycles. The van der Waals surface area contributed by atoms with Crippen molar-refractivity contribution in [1.29, 1.82) is 0 Å². The lowest BCUT2D eigenvalue weighted by atomic mass is 10.3. The van der Waals surface area contributed by atoms with E-state index in [0.717, 1.165) is 15.1 Å². The van der Waals surface area contributed by atoms with Crippen LogP contribution in [0.1, 0.15) is 4.88 Å². The lowest BCUT2D eigenvalue weighted by Gasteiger charge is -2.04. The molecule has 0 fully saturated rings. The Kier molecular flexibility index (Phi) is 5.45. The van der Waals surface area contributed by atoms with Crippen molar-refractivity contribution < 1.29 is 13.9 Å². The molecule has 0 aliphatic carbocycles. The molecule has 126 valence electrons. The largest absolute Gasteiger partial charge is 0.383 e. The summed E-state index contributed by atoms with van der Waals surface area (Å²) in [4.78, 5) is 17.9. The summed E-state index contributed by atoms with van der Waals surface area (Å²) >= 11 is 8.53. The molecule has 8 heteroatoms. The Morgan fingerprint density at radius 1 is 1.33 bits per heavy atom. The molecule has 0 saturated carbocycles. The van der Waals surface area contributed by atoms with Crippen LogP contribution in [0.4, 0.5) is 4.39 Å². The van der Waals surface area contributed by atoms with Crippen molar-refractivity contribution in [2.45, 2.75) is 13.0 Å². The van der Waals surface area contributed by atoms with E-state index < -0.39 is 0 Å². The van der Waals surface area contributed by atoms with Gasteiger partial charge in [-0.15, -0.1) is 11.3 Å². The number of nitrogens with zero attached hydrogens (tertiary/aromatic N) is 2. The smallest absolute Gasteiger partial charge is 0.253 e. The molecule has 1 aromatic carbocycles. The summed E-state index contributed by atoms with van der Waals surface area (Å²) in [6.07, 6.45) is 0.199. The SMILES string of the molecule is COCCn1c(=NC(=O)Cc2ccc(Cl)s2)sc2cc(F)ccc21. The van der Waals surface area contributed by atoms with Crippen molar-refractivity contribution in [3.05, 3.63) is 50.2 Å². The van der Waals surface area contributed by atoms with Gasteiger partial charge in [0.25, 0.3) is 5.91 Å². The zero-order chi connectivity index (χ0) is 17.1. The van der Waals surface area contributed by atoms with E-state index in [1.165, 1.54) is 34.8 Å². The molecule has 1 amide bonds. The number of aromatic nitrogens is 1. The van der Waals surface area contributed by atoms with Crippen molar-refractivity contribution in [2.24, 2.45) is 4.99 Å². The van der Waals surface area contributed by atoms with E-state index in [2.05, 4.69) is 4.99 Å². The van der Waals surface area contributed by atoms with Crippen molar-refractivity contribution in [3.63, 3.8) is 0 Å². The highest BCUT2D eigenvalue weighted by molar-refractivity contribution is 7.16. The summed E-state index contributed by atoms with van der Waals surface area (Å²) in [6, 6.07) is 8.12. The summed E-state index contributed by atoms with van der Waals surface area (Å²) in [7, 11) is 1.61. The maximum absolute atomic E-state index is 13.4. The maximum Gasteiger partial charge on any atom is 0.253 e. The number of hydrogen-bond acceptors (Lipinski definition) is 4. The molecule has 2 aromatic heterocycles. The van der Waals surface area contributed by atoms with Crippen molar-refractivity contribution in [1.82, 2.24) is 4.57 Å². The third-order valence-corrected chi connectivity index (χ3v) is 5.61. The maximum atomic E-state index is 13.4. The number of amides is 1. The van der Waals surface area contributed by atoms with Gasteiger partial charge < -0.3 is 9.30 Å². The molecular weight excluding hydrogens is 371 g/mol. The Morgan fingerprint density at radius 3 is 2.88 bits per heavy atom. The summed E-state index contributed by atoms with van der Waals surface area (Å²) < 4.78 is 21.8. The van der Waals surface area contributed by atoms with Gasteiger partial charge in [0, 0.05) is 18.5 Å². The molecule has 2 heterocycles. The number of halogens is 2. The van der Waals surface area contributed by atoms with Crippen LogP contribution in [0.15, 0.2) is 35.3 Å². The lowest BCUT2D eigenvalue weighted by Crippen LogP contribution is -2.19. The Morgan fingerprint density at radius 2 is 2.17 bits per heavy atom. The van der Waals surface area contributed by atoms with Crippen molar-refractivity contribution >= 4 is 50.4 Å². The van der Waals surface area contributed by atoms with E-state index in [0.29, 0.717) is 22.3 Å². The van der Waals surface area contributed by atoms with E-state index >= 15 is 0 Å². The van der Waals surface area contributed by atoms with E-state index in [1.807, 2.05) is 10.6 Å². The molecule has 0 aliphatic heterocycles. The van der Waals surface area contributed by atoms with Crippen LogP contribution in [0.2, 0.25) is 4.34 Å². The summed E-state index contributed by atoms with van der Waals surface area (Å²) in [6.45, 7) is 1.02. The normalized spacial score (nSPS) is 12.2. The van der Waals surface area contributed by atoms with Gasteiger partial charge in [-0.3, -0.25) is 4.79 Å². The van der Waals surface area contributed by atoms with Crippen molar-refractivity contribution in [2.75, 3.05) is 13.7 Å². The lowest BCUT2D eigenvalue weighted by molar-refractivity contribution is -0.117. The minimum Gasteiger partial charge on any atom is -0.383 e. The third kappa shape index (κ3) is 3.92. The molecule has 0 unspecified atom stereocenters. The fourth-order valence-corrected chi connectivity index (χ4v) is 4.45. The molecular formula is C16H14ClFN2O2S2. The van der Waals surface area contributed by atoms with E-state index in [-0.39, 0.29) is 18.1 Å². The summed E-state index contributed by atoms with van der Waals surface area (Å²) in [5, 5.41) is 0. The van der Waals surface area contributed by atoms with Gasteiger partial charge in [-0.1, -0.05) is 22.9 Å². The first kappa shape index (κ1) is 17.3. The van der Waals surface area contributed by atoms with Crippen LogP contribution in [0.25, 0.3) is 10.2 Å². The Labute approximate surface area is 150 Å². The molecule has 3 rings (SSSR count). The second-order valence-electron chi connectivity index (χ2n) is 5.03. The molecule has 24 heavy (non-hydrogen) atoms. The van der Waals surface area contributed by atoms with Crippen LogP contribution in [-0.4, -0.2) is 24.2 Å². The quantitative estimate of drug-likeness (QED) is 0.670. The zero-order valence-electron chi connectivity index (χ0n) is 12.8. The fourth-order valence-electron chi connectivity index (χ4n) is 2.27. The predicted molar refractivity (Wildman–Crippen MR) is 95.3 cm³/mol. The van der Waals surface area contributed by atoms with Gasteiger partial charge >= 0.3 is 0 Å². The molecule has 0 aliphatic rings. The second kappa shape index (κ2) is 7.57. The number of carbonyl (C=O) groups is 1. The van der Waals surface area contributed by atoms with Crippen LogP contribution >= 0.6 is 34.3 Å². The van der Waals surface area contributed by atoms with Crippen LogP contribution in [0, 0.1) is 5.82 Å². The predicted octanol–water partition coefficient (Wildman–Crippen LogP) is 3.87. The highest BCUT2D eigenvalue weighted by Gasteiger charge is 2.10. The Bertz CT molecular complexity index is 945. The average Bonchev–Trinajstić information content (AvgIpc) is 3.08. The van der Waals surface area contributed by atoms with E-state index in [9.17, 15) is 9.18 Å². The van der Waals surface area contributed by atoms with Crippen molar-refractivity contribution in [3.8, 4) is 0 Å². The Hall–Kier alpha value is -1.54. The average molecular weight is 385 g/mol. The first-order chi connectivity index (χ1) is 11.6. The monoisotopic (exact) mass is 384 g/mol. The third-order valence-electron chi connectivity index (χ3n) is 3.34. The summed E-state index contributed by atoms with van der Waals surface area (Å²) in [5.41, 5.74) is 0.837. The number of fused-ring (bicyclic) bond motifs is 1. The van der Waals surface area contributed by atoms with Crippen LogP contribution < -0.4 is 4.80 Å².